The van der Waals surface area contributed by atoms with Crippen molar-refractivity contribution in [1.82, 2.24) is 14.5 Å². The predicted molar refractivity (Wildman–Crippen MR) is 145 cm³/mol. The van der Waals surface area contributed by atoms with Crippen LogP contribution < -0.4 is 16.6 Å². The Bertz CT molecular complexity index is 1500. The molecule has 1 spiro atoms. The second-order valence-electron chi connectivity index (χ2n) is 11.1. The summed E-state index contributed by atoms with van der Waals surface area (Å²) in [6.45, 7) is 2.37. The summed E-state index contributed by atoms with van der Waals surface area (Å²) in [5, 5.41) is 11.9. The number of anilines is 3. The zero-order chi connectivity index (χ0) is 27.1. The van der Waals surface area contributed by atoms with Gasteiger partial charge >= 0.3 is 0 Å². The molecule has 2 saturated heterocycles. The van der Waals surface area contributed by atoms with Gasteiger partial charge in [-0.1, -0.05) is 19.3 Å². The molecule has 3 aromatic rings. The molecule has 1 unspecified atom stereocenters. The third kappa shape index (κ3) is 4.64. The van der Waals surface area contributed by atoms with E-state index in [-0.39, 0.29) is 45.2 Å². The summed E-state index contributed by atoms with van der Waals surface area (Å²) in [5.41, 5.74) is 4.74. The molecule has 1 aliphatic carbocycles. The molecule has 3 aliphatic rings. The molecule has 3 heterocycles. The third-order valence-corrected chi connectivity index (χ3v) is 8.83. The zero-order valence-electron chi connectivity index (χ0n) is 21.8. The highest BCUT2D eigenvalue weighted by molar-refractivity contribution is 5.85. The first-order chi connectivity index (χ1) is 18.9. The number of hydrogen-bond acceptors (Lipinski definition) is 7. The summed E-state index contributed by atoms with van der Waals surface area (Å²) in [7, 11) is 0. The smallest absolute Gasteiger partial charge is 0.264 e. The van der Waals surface area contributed by atoms with E-state index in [0.717, 1.165) is 32.0 Å². The minimum Gasteiger partial charge on any atom is -0.398 e. The molecule has 10 heteroatoms. The molecule has 2 aliphatic heterocycles. The minimum atomic E-state index is -0.862. The second kappa shape index (κ2) is 10.2. The van der Waals surface area contributed by atoms with Crippen molar-refractivity contribution in [1.29, 1.82) is 5.26 Å². The van der Waals surface area contributed by atoms with Crippen molar-refractivity contribution in [3.05, 3.63) is 58.1 Å². The van der Waals surface area contributed by atoms with Crippen LogP contribution in [0, 0.1) is 23.0 Å². The molecule has 1 saturated carbocycles. The van der Waals surface area contributed by atoms with Crippen LogP contribution in [0.3, 0.4) is 0 Å². The quantitative estimate of drug-likeness (QED) is 0.454. The first kappa shape index (κ1) is 25.7. The predicted octanol–water partition coefficient (Wildman–Crippen LogP) is 5.00. The number of likely N-dealkylation sites (tertiary alicyclic amines) is 1. The Morgan fingerprint density at radius 2 is 1.87 bits per heavy atom. The van der Waals surface area contributed by atoms with Gasteiger partial charge in [-0.15, -0.1) is 0 Å². The van der Waals surface area contributed by atoms with E-state index in [4.69, 9.17) is 10.5 Å². The number of benzene rings is 2. The van der Waals surface area contributed by atoms with Gasteiger partial charge in [-0.3, -0.25) is 9.36 Å². The molecule has 1 atom stereocenters. The van der Waals surface area contributed by atoms with Crippen molar-refractivity contribution in [2.45, 2.75) is 69.1 Å². The van der Waals surface area contributed by atoms with Gasteiger partial charge < -0.3 is 20.7 Å². The molecular weight excluding hydrogens is 502 g/mol. The average molecular weight is 535 g/mol. The Morgan fingerprint density at radius 1 is 1.10 bits per heavy atom. The van der Waals surface area contributed by atoms with Gasteiger partial charge in [0, 0.05) is 19.1 Å². The number of halogens is 2. The third-order valence-electron chi connectivity index (χ3n) is 8.83. The van der Waals surface area contributed by atoms with Crippen molar-refractivity contribution in [3.8, 4) is 6.07 Å². The fraction of sp³-hybridized carbons (Fsp3) is 0.483. The molecule has 39 heavy (non-hydrogen) atoms. The number of aromatic nitrogens is 2. The number of nitrogens with two attached hydrogens (primary N) is 1. The number of piperidine rings is 1. The van der Waals surface area contributed by atoms with Gasteiger partial charge in [0.25, 0.3) is 5.56 Å². The van der Waals surface area contributed by atoms with Crippen molar-refractivity contribution >= 4 is 28.0 Å². The lowest BCUT2D eigenvalue weighted by molar-refractivity contribution is -0.0535. The summed E-state index contributed by atoms with van der Waals surface area (Å²) in [5.74, 6) is -1.62. The van der Waals surface area contributed by atoms with E-state index in [1.165, 1.54) is 61.2 Å². The Kier molecular flexibility index (Phi) is 6.73. The van der Waals surface area contributed by atoms with Gasteiger partial charge in [-0.25, -0.2) is 13.8 Å². The van der Waals surface area contributed by atoms with Crippen LogP contribution in [0.2, 0.25) is 0 Å². The number of nitrogen functional groups attached to an aromatic ring is 1. The maximum atomic E-state index is 15.7. The molecule has 3 fully saturated rings. The standard InChI is InChI=1S/C29H32F2N6O2/c30-21-6-7-22(33)20(15-32)27(21)35-24-9-8-23-25(26(24)31)28(38)37(17-34-23)19-14-29(39-16-19)10-12-36(13-11-29)18-4-2-1-3-5-18/h6-9,17-19,35H,1-5,10-14,16,33H2. The first-order valence-electron chi connectivity index (χ1n) is 13.7. The van der Waals surface area contributed by atoms with Gasteiger partial charge in [0.1, 0.15) is 22.8 Å². The van der Waals surface area contributed by atoms with Crippen molar-refractivity contribution in [3.63, 3.8) is 0 Å². The molecule has 2 aromatic carbocycles. The fourth-order valence-electron chi connectivity index (χ4n) is 6.60. The monoisotopic (exact) mass is 534 g/mol. The van der Waals surface area contributed by atoms with Crippen LogP contribution >= 0.6 is 0 Å². The van der Waals surface area contributed by atoms with E-state index in [1.54, 1.807) is 0 Å². The number of nitrogens with one attached hydrogen (secondary N) is 1. The van der Waals surface area contributed by atoms with Crippen LogP contribution in [-0.2, 0) is 4.74 Å². The molecular formula is C29H32F2N6O2. The molecule has 0 radical (unpaired) electrons. The molecule has 0 bridgehead atoms. The Balaban J connectivity index is 1.25. The molecule has 204 valence electrons. The largest absolute Gasteiger partial charge is 0.398 e. The van der Waals surface area contributed by atoms with Crippen LogP contribution in [0.4, 0.5) is 25.8 Å². The zero-order valence-corrected chi connectivity index (χ0v) is 21.8. The SMILES string of the molecule is N#Cc1c(N)ccc(F)c1Nc1ccc2ncn(C3COC4(CCN(C5CCCCC5)CC4)C3)c(=O)c2c1F. The maximum Gasteiger partial charge on any atom is 0.264 e. The van der Waals surface area contributed by atoms with Crippen molar-refractivity contribution in [2.24, 2.45) is 0 Å². The summed E-state index contributed by atoms with van der Waals surface area (Å²) in [4.78, 5) is 20.5. The lowest BCUT2D eigenvalue weighted by Gasteiger charge is -2.43. The first-order valence-corrected chi connectivity index (χ1v) is 13.7. The molecule has 6 rings (SSSR count). The van der Waals surface area contributed by atoms with Crippen LogP contribution in [0.25, 0.3) is 10.9 Å². The highest BCUT2D eigenvalue weighted by Crippen LogP contribution is 2.41. The summed E-state index contributed by atoms with van der Waals surface area (Å²) >= 11 is 0. The van der Waals surface area contributed by atoms with Gasteiger partial charge in [0.15, 0.2) is 5.82 Å². The Labute approximate surface area is 225 Å². The van der Waals surface area contributed by atoms with Crippen LogP contribution in [-0.4, -0.2) is 45.8 Å². The van der Waals surface area contributed by atoms with E-state index in [0.29, 0.717) is 19.1 Å². The van der Waals surface area contributed by atoms with Crippen molar-refractivity contribution in [2.75, 3.05) is 30.7 Å². The lowest BCUT2D eigenvalue weighted by atomic mass is 9.85. The average Bonchev–Trinajstić information content (AvgIpc) is 3.36. The van der Waals surface area contributed by atoms with E-state index < -0.39 is 17.2 Å². The topological polar surface area (TPSA) is 109 Å². The summed E-state index contributed by atoms with van der Waals surface area (Å²) in [6, 6.07) is 7.51. The highest BCUT2D eigenvalue weighted by atomic mass is 19.1. The van der Waals surface area contributed by atoms with Crippen LogP contribution in [0.15, 0.2) is 35.4 Å². The number of ether oxygens (including phenoxy) is 1. The van der Waals surface area contributed by atoms with Gasteiger partial charge in [-0.05, 0) is 56.4 Å². The number of nitrogens with zero attached hydrogens (tertiary/aromatic N) is 4. The molecule has 0 amide bonds. The van der Waals surface area contributed by atoms with E-state index in [9.17, 15) is 14.4 Å². The highest BCUT2D eigenvalue weighted by Gasteiger charge is 2.44. The van der Waals surface area contributed by atoms with Crippen LogP contribution in [0.1, 0.15) is 63.0 Å². The molecule has 3 N–H and O–H groups in total. The normalized spacial score (nSPS) is 21.8. The number of hydrogen-bond donors (Lipinski definition) is 2. The van der Waals surface area contributed by atoms with E-state index in [1.807, 2.05) is 6.07 Å². The summed E-state index contributed by atoms with van der Waals surface area (Å²) < 4.78 is 38.0. The fourth-order valence-corrected chi connectivity index (χ4v) is 6.60. The molecule has 8 nitrogen and oxygen atoms in total. The molecule has 1 aromatic heterocycles. The van der Waals surface area contributed by atoms with Gasteiger partial charge in [-0.2, -0.15) is 5.26 Å². The Hall–Kier alpha value is -3.55. The van der Waals surface area contributed by atoms with Crippen LogP contribution in [0.5, 0.6) is 0 Å². The maximum absolute atomic E-state index is 15.7. The van der Waals surface area contributed by atoms with Crippen molar-refractivity contribution < 1.29 is 13.5 Å². The minimum absolute atomic E-state index is 0.0614. The van der Waals surface area contributed by atoms with E-state index >= 15 is 4.39 Å². The Morgan fingerprint density at radius 3 is 2.62 bits per heavy atom. The number of nitriles is 1. The number of rotatable bonds is 4. The summed E-state index contributed by atoms with van der Waals surface area (Å²) in [6.07, 6.45) is 10.5. The second-order valence-corrected chi connectivity index (χ2v) is 11.1. The van der Waals surface area contributed by atoms with E-state index in [2.05, 4.69) is 15.2 Å². The van der Waals surface area contributed by atoms with Gasteiger partial charge in [0.2, 0.25) is 0 Å². The number of fused-ring (bicyclic) bond motifs is 1. The van der Waals surface area contributed by atoms with Gasteiger partial charge in [0.05, 0.1) is 47.2 Å². The lowest BCUT2D eigenvalue weighted by Crippen LogP contribution is -2.48.